The summed E-state index contributed by atoms with van der Waals surface area (Å²) in [7, 11) is -2.40. The maximum atomic E-state index is 5.65. The fraction of sp³-hybridized carbons (Fsp3) is 0.600. The lowest BCUT2D eigenvalue weighted by Crippen LogP contribution is -2.40. The molecule has 0 aliphatic heterocycles. The van der Waals surface area contributed by atoms with Gasteiger partial charge in [-0.15, -0.1) is 0 Å². The summed E-state index contributed by atoms with van der Waals surface area (Å²) in [5, 5.41) is 2.69. The van der Waals surface area contributed by atoms with Crippen molar-refractivity contribution in [2.75, 3.05) is 0 Å². The smallest absolute Gasteiger partial charge is 0.123 e. The molecule has 0 bridgehead atoms. The first-order valence-corrected chi connectivity index (χ1v) is 11.8. The summed E-state index contributed by atoms with van der Waals surface area (Å²) in [6.45, 7) is 14.0. The standard InChI is InChI=1S/C10H20OSi2/c1-12(2,3)9-7-10(11-8-9)13(4,5)6/h7-8H,1-6H3. The van der Waals surface area contributed by atoms with E-state index in [1.807, 2.05) is 6.26 Å². The van der Waals surface area contributed by atoms with Gasteiger partial charge >= 0.3 is 0 Å². The van der Waals surface area contributed by atoms with Crippen molar-refractivity contribution in [2.45, 2.75) is 39.3 Å². The van der Waals surface area contributed by atoms with Crippen LogP contribution in [0.25, 0.3) is 0 Å². The average Bonchev–Trinajstić information content (AvgIpc) is 2.28. The Bertz CT molecular complexity index is 260. The molecule has 1 aromatic heterocycles. The summed E-state index contributed by atoms with van der Waals surface area (Å²) in [5.41, 5.74) is 0. The van der Waals surface area contributed by atoms with Gasteiger partial charge in [-0.3, -0.25) is 0 Å². The normalized spacial score (nSPS) is 13.4. The highest BCUT2D eigenvalue weighted by molar-refractivity contribution is 6.91. The van der Waals surface area contributed by atoms with Crippen LogP contribution in [0.15, 0.2) is 16.7 Å². The highest BCUT2D eigenvalue weighted by atomic mass is 28.3. The van der Waals surface area contributed by atoms with Crippen molar-refractivity contribution in [3.63, 3.8) is 0 Å². The number of rotatable bonds is 2. The first kappa shape index (κ1) is 10.8. The molecule has 0 radical (unpaired) electrons. The van der Waals surface area contributed by atoms with Crippen molar-refractivity contribution >= 4 is 26.7 Å². The number of hydrogen-bond donors (Lipinski definition) is 0. The SMILES string of the molecule is C[Si](C)(C)c1coc([Si](C)(C)C)c1. The summed E-state index contributed by atoms with van der Waals surface area (Å²) in [5.74, 6) is 0. The van der Waals surface area contributed by atoms with E-state index in [-0.39, 0.29) is 0 Å². The minimum Gasteiger partial charge on any atom is -0.475 e. The Balaban J connectivity index is 3.01. The maximum absolute atomic E-state index is 5.65. The van der Waals surface area contributed by atoms with Gasteiger partial charge in [-0.2, -0.15) is 0 Å². The van der Waals surface area contributed by atoms with Crippen LogP contribution in [0.2, 0.25) is 39.3 Å². The monoisotopic (exact) mass is 212 g/mol. The quantitative estimate of drug-likeness (QED) is 0.686. The Kier molecular flexibility index (Phi) is 2.60. The lowest BCUT2D eigenvalue weighted by molar-refractivity contribution is 0.599. The van der Waals surface area contributed by atoms with E-state index in [9.17, 15) is 0 Å². The van der Waals surface area contributed by atoms with Crippen LogP contribution >= 0.6 is 0 Å². The third-order valence-electron chi connectivity index (χ3n) is 2.20. The molecule has 1 heterocycles. The van der Waals surface area contributed by atoms with Crippen molar-refractivity contribution in [1.82, 2.24) is 0 Å². The van der Waals surface area contributed by atoms with Gasteiger partial charge in [-0.05, 0) is 11.3 Å². The first-order valence-electron chi connectivity index (χ1n) is 4.81. The van der Waals surface area contributed by atoms with E-state index in [4.69, 9.17) is 4.42 Å². The van der Waals surface area contributed by atoms with Crippen LogP contribution in [0.4, 0.5) is 0 Å². The zero-order valence-electron chi connectivity index (χ0n) is 9.56. The predicted octanol–water partition coefficient (Wildman–Crippen LogP) is 2.37. The topological polar surface area (TPSA) is 13.1 Å². The second-order valence-corrected chi connectivity index (χ2v) is 15.8. The Labute approximate surface area is 83.2 Å². The average molecular weight is 212 g/mol. The lowest BCUT2D eigenvalue weighted by Gasteiger charge is -2.13. The van der Waals surface area contributed by atoms with Crippen LogP contribution < -0.4 is 10.6 Å². The van der Waals surface area contributed by atoms with Gasteiger partial charge in [0, 0.05) is 0 Å². The van der Waals surface area contributed by atoms with Gasteiger partial charge in [0.05, 0.1) is 19.7 Å². The Morgan fingerprint density at radius 1 is 0.923 bits per heavy atom. The molecule has 0 aliphatic rings. The predicted molar refractivity (Wildman–Crippen MR) is 64.7 cm³/mol. The van der Waals surface area contributed by atoms with Gasteiger partial charge in [0.1, 0.15) is 8.07 Å². The molecular formula is C10H20OSi2. The fourth-order valence-electron chi connectivity index (χ4n) is 1.12. The van der Waals surface area contributed by atoms with E-state index < -0.39 is 16.1 Å². The van der Waals surface area contributed by atoms with Crippen molar-refractivity contribution in [2.24, 2.45) is 0 Å². The molecule has 0 N–H and O–H groups in total. The molecule has 0 atom stereocenters. The minimum atomic E-state index is -1.24. The van der Waals surface area contributed by atoms with Gasteiger partial charge in [-0.1, -0.05) is 39.3 Å². The molecule has 13 heavy (non-hydrogen) atoms. The summed E-state index contributed by atoms with van der Waals surface area (Å²) in [6, 6.07) is 2.29. The largest absolute Gasteiger partial charge is 0.475 e. The minimum absolute atomic E-state index is 1.16. The number of furan rings is 1. The van der Waals surface area contributed by atoms with Crippen LogP contribution in [0.3, 0.4) is 0 Å². The molecule has 0 aromatic carbocycles. The molecule has 0 fully saturated rings. The lowest BCUT2D eigenvalue weighted by atomic mass is 10.7. The molecule has 0 saturated carbocycles. The fourth-order valence-corrected chi connectivity index (χ4v) is 3.24. The van der Waals surface area contributed by atoms with E-state index in [2.05, 4.69) is 45.3 Å². The van der Waals surface area contributed by atoms with Crippen molar-refractivity contribution < 1.29 is 4.42 Å². The maximum Gasteiger partial charge on any atom is 0.123 e. The Morgan fingerprint density at radius 2 is 1.46 bits per heavy atom. The Hall–Kier alpha value is -0.286. The van der Waals surface area contributed by atoms with Crippen molar-refractivity contribution in [1.29, 1.82) is 0 Å². The summed E-state index contributed by atoms with van der Waals surface area (Å²) >= 11 is 0. The third kappa shape index (κ3) is 2.58. The molecular weight excluding hydrogens is 192 g/mol. The first-order chi connectivity index (χ1) is 5.71. The zero-order valence-corrected chi connectivity index (χ0v) is 11.6. The van der Waals surface area contributed by atoms with E-state index in [0.29, 0.717) is 0 Å². The van der Waals surface area contributed by atoms with Crippen LogP contribution in [0.5, 0.6) is 0 Å². The van der Waals surface area contributed by atoms with Gasteiger partial charge < -0.3 is 4.42 Å². The van der Waals surface area contributed by atoms with Gasteiger partial charge in [0.15, 0.2) is 0 Å². The molecule has 0 amide bonds. The number of hydrogen-bond acceptors (Lipinski definition) is 1. The molecule has 3 heteroatoms. The molecule has 0 spiro atoms. The second-order valence-electron chi connectivity index (χ2n) is 5.70. The van der Waals surface area contributed by atoms with Crippen LogP contribution in [-0.2, 0) is 0 Å². The van der Waals surface area contributed by atoms with Crippen molar-refractivity contribution in [3.05, 3.63) is 12.3 Å². The van der Waals surface area contributed by atoms with Gasteiger partial charge in [-0.25, -0.2) is 0 Å². The highest BCUT2D eigenvalue weighted by Gasteiger charge is 2.25. The van der Waals surface area contributed by atoms with Gasteiger partial charge in [0.2, 0.25) is 0 Å². The molecule has 1 aromatic rings. The van der Waals surface area contributed by atoms with E-state index in [0.717, 1.165) is 0 Å². The van der Waals surface area contributed by atoms with E-state index in [1.165, 1.54) is 10.6 Å². The third-order valence-corrected chi connectivity index (χ3v) is 5.94. The van der Waals surface area contributed by atoms with Crippen LogP contribution in [0.1, 0.15) is 0 Å². The highest BCUT2D eigenvalue weighted by Crippen LogP contribution is 2.06. The second kappa shape index (κ2) is 3.13. The van der Waals surface area contributed by atoms with Crippen LogP contribution in [-0.4, -0.2) is 16.1 Å². The molecule has 74 valence electrons. The summed E-state index contributed by atoms with van der Waals surface area (Å²) in [4.78, 5) is 0. The molecule has 0 saturated heterocycles. The molecule has 1 nitrogen and oxygen atoms in total. The molecule has 0 aliphatic carbocycles. The van der Waals surface area contributed by atoms with Gasteiger partial charge in [0.25, 0.3) is 0 Å². The summed E-state index contributed by atoms with van der Waals surface area (Å²) < 4.78 is 5.65. The summed E-state index contributed by atoms with van der Waals surface area (Å²) in [6.07, 6.45) is 1.97. The van der Waals surface area contributed by atoms with E-state index in [1.54, 1.807) is 0 Å². The molecule has 1 rings (SSSR count). The molecule has 0 unspecified atom stereocenters. The zero-order chi connectivity index (χ0) is 10.3. The Morgan fingerprint density at radius 3 is 1.69 bits per heavy atom. The van der Waals surface area contributed by atoms with E-state index >= 15 is 0 Å². The van der Waals surface area contributed by atoms with Crippen LogP contribution in [0, 0.1) is 0 Å². The van der Waals surface area contributed by atoms with Crippen molar-refractivity contribution in [3.8, 4) is 0 Å².